The molecule has 0 aromatic carbocycles. The number of thiophene rings is 1. The Hall–Kier alpha value is -1.86. The Morgan fingerprint density at radius 2 is 2.05 bits per heavy atom. The molecule has 2 heterocycles. The van der Waals surface area contributed by atoms with E-state index in [2.05, 4.69) is 15.8 Å². The zero-order valence-corrected chi connectivity index (χ0v) is 14.0. The second kappa shape index (κ2) is 6.50. The van der Waals surface area contributed by atoms with E-state index in [4.69, 9.17) is 16.1 Å². The van der Waals surface area contributed by atoms with E-state index in [0.29, 0.717) is 10.1 Å². The topological polar surface area (TPSA) is 84.2 Å². The molecule has 0 radical (unpaired) electrons. The molecule has 0 aliphatic rings. The number of rotatable bonds is 3. The molecular formula is C14H16ClN3O3S. The second-order valence-electron chi connectivity index (χ2n) is 5.67. The van der Waals surface area contributed by atoms with Gasteiger partial charge < -0.3 is 9.84 Å². The lowest BCUT2D eigenvalue weighted by atomic mass is 9.93. The molecule has 8 heteroatoms. The smallest absolute Gasteiger partial charge is 0.314 e. The van der Waals surface area contributed by atoms with Crippen molar-refractivity contribution in [3.05, 3.63) is 33.2 Å². The molecule has 6 nitrogen and oxygen atoms in total. The summed E-state index contributed by atoms with van der Waals surface area (Å²) in [5, 5.41) is 8.63. The number of nitrogens with one attached hydrogen (secondary N) is 2. The number of hydrogen-bond acceptors (Lipinski definition) is 5. The first-order valence-electron chi connectivity index (χ1n) is 6.56. The van der Waals surface area contributed by atoms with Crippen LogP contribution in [0.5, 0.6) is 0 Å². The van der Waals surface area contributed by atoms with Crippen LogP contribution in [0.15, 0.2) is 22.7 Å². The maximum absolute atomic E-state index is 11.8. The molecule has 0 fully saturated rings. The number of aromatic nitrogens is 1. The van der Waals surface area contributed by atoms with E-state index in [1.54, 1.807) is 18.2 Å². The Balaban J connectivity index is 1.88. The van der Waals surface area contributed by atoms with Gasteiger partial charge >= 0.3 is 11.8 Å². The number of halogens is 1. The molecule has 0 unspecified atom stereocenters. The molecule has 2 rings (SSSR count). The number of hydrogen-bond donors (Lipinski definition) is 2. The average molecular weight is 342 g/mol. The summed E-state index contributed by atoms with van der Waals surface area (Å²) in [7, 11) is 0. The van der Waals surface area contributed by atoms with Gasteiger partial charge in [0.1, 0.15) is 5.76 Å². The minimum absolute atomic E-state index is 0.212. The third-order valence-electron chi connectivity index (χ3n) is 2.75. The summed E-state index contributed by atoms with van der Waals surface area (Å²) in [5.41, 5.74) is -0.226. The maximum atomic E-state index is 11.8. The van der Waals surface area contributed by atoms with Gasteiger partial charge in [-0.3, -0.25) is 14.9 Å². The third kappa shape index (κ3) is 4.32. The maximum Gasteiger partial charge on any atom is 0.314 e. The van der Waals surface area contributed by atoms with Crippen molar-refractivity contribution in [3.63, 3.8) is 0 Å². The van der Waals surface area contributed by atoms with Crippen LogP contribution < -0.4 is 10.6 Å². The molecule has 22 heavy (non-hydrogen) atoms. The minimum atomic E-state index is -0.795. The summed E-state index contributed by atoms with van der Waals surface area (Å²) in [6, 6.07) is 5.12. The van der Waals surface area contributed by atoms with Crippen molar-refractivity contribution in [2.24, 2.45) is 0 Å². The van der Waals surface area contributed by atoms with E-state index >= 15 is 0 Å². The highest BCUT2D eigenvalue weighted by molar-refractivity contribution is 7.16. The fraction of sp³-hybridized carbons (Fsp3) is 0.357. The predicted molar refractivity (Wildman–Crippen MR) is 85.0 cm³/mol. The monoisotopic (exact) mass is 341 g/mol. The van der Waals surface area contributed by atoms with Crippen LogP contribution in [0.1, 0.15) is 31.4 Å². The molecular weight excluding hydrogens is 326 g/mol. The van der Waals surface area contributed by atoms with Gasteiger partial charge in [-0.15, -0.1) is 11.3 Å². The first kappa shape index (κ1) is 16.5. The number of anilines is 1. The van der Waals surface area contributed by atoms with Crippen molar-refractivity contribution < 1.29 is 14.1 Å². The van der Waals surface area contributed by atoms with Crippen molar-refractivity contribution in [3.8, 4) is 0 Å². The van der Waals surface area contributed by atoms with Crippen LogP contribution in [-0.4, -0.2) is 17.0 Å². The van der Waals surface area contributed by atoms with Gasteiger partial charge in [0.2, 0.25) is 0 Å². The van der Waals surface area contributed by atoms with Crippen LogP contribution in [0.25, 0.3) is 0 Å². The number of carbonyl (C=O) groups is 2. The lowest BCUT2D eigenvalue weighted by Gasteiger charge is -2.11. The Morgan fingerprint density at radius 3 is 2.59 bits per heavy atom. The summed E-state index contributed by atoms with van der Waals surface area (Å²) in [5.74, 6) is -0.707. The van der Waals surface area contributed by atoms with E-state index in [1.165, 1.54) is 11.3 Å². The molecule has 0 spiro atoms. The highest BCUT2D eigenvalue weighted by Crippen LogP contribution is 2.24. The van der Waals surface area contributed by atoms with E-state index in [1.807, 2.05) is 20.8 Å². The average Bonchev–Trinajstić information content (AvgIpc) is 3.04. The zero-order valence-electron chi connectivity index (χ0n) is 12.4. The van der Waals surface area contributed by atoms with Crippen LogP contribution in [0.3, 0.4) is 0 Å². The highest BCUT2D eigenvalue weighted by Gasteiger charge is 2.21. The van der Waals surface area contributed by atoms with Gasteiger partial charge in [-0.25, -0.2) is 0 Å². The summed E-state index contributed by atoms with van der Waals surface area (Å²) in [6.45, 7) is 6.11. The summed E-state index contributed by atoms with van der Waals surface area (Å²) < 4.78 is 5.76. The summed E-state index contributed by atoms with van der Waals surface area (Å²) >= 11 is 7.14. The number of amides is 2. The molecule has 0 bridgehead atoms. The summed E-state index contributed by atoms with van der Waals surface area (Å²) in [6.07, 6.45) is 0. The molecule has 0 saturated carbocycles. The van der Waals surface area contributed by atoms with Gasteiger partial charge in [0.15, 0.2) is 5.82 Å². The Labute approximate surface area is 136 Å². The highest BCUT2D eigenvalue weighted by atomic mass is 35.5. The molecule has 2 aromatic rings. The summed E-state index contributed by atoms with van der Waals surface area (Å²) in [4.78, 5) is 24.4. The van der Waals surface area contributed by atoms with Gasteiger partial charge in [0.25, 0.3) is 0 Å². The van der Waals surface area contributed by atoms with E-state index < -0.39 is 11.8 Å². The van der Waals surface area contributed by atoms with Gasteiger partial charge in [-0.05, 0) is 12.1 Å². The van der Waals surface area contributed by atoms with Crippen molar-refractivity contribution in [2.45, 2.75) is 32.7 Å². The van der Waals surface area contributed by atoms with Gasteiger partial charge in [-0.1, -0.05) is 37.5 Å². The van der Waals surface area contributed by atoms with Gasteiger partial charge in [0.05, 0.1) is 10.9 Å². The fourth-order valence-corrected chi connectivity index (χ4v) is 2.58. The Bertz CT molecular complexity index is 688. The van der Waals surface area contributed by atoms with Crippen LogP contribution in [0.2, 0.25) is 4.34 Å². The molecule has 118 valence electrons. The standard InChI is InChI=1S/C14H16ClN3O3S/c1-14(2,3)9-6-11(18-21-9)17-13(20)12(19)16-7-8-4-5-10(15)22-8/h4-6H,7H2,1-3H3,(H,16,19)(H,17,18,20). The van der Waals surface area contributed by atoms with E-state index in [-0.39, 0.29) is 17.8 Å². The molecule has 0 aliphatic heterocycles. The van der Waals surface area contributed by atoms with Gasteiger partial charge in [-0.2, -0.15) is 0 Å². The second-order valence-corrected chi connectivity index (χ2v) is 7.47. The zero-order chi connectivity index (χ0) is 16.3. The van der Waals surface area contributed by atoms with Crippen LogP contribution >= 0.6 is 22.9 Å². The van der Waals surface area contributed by atoms with Crippen molar-refractivity contribution >= 4 is 40.6 Å². The predicted octanol–water partition coefficient (Wildman–Crippen LogP) is 2.94. The van der Waals surface area contributed by atoms with Crippen molar-refractivity contribution in [2.75, 3.05) is 5.32 Å². The SMILES string of the molecule is CC(C)(C)c1cc(NC(=O)C(=O)NCc2ccc(Cl)s2)no1. The largest absolute Gasteiger partial charge is 0.359 e. The molecule has 0 aliphatic carbocycles. The first-order valence-corrected chi connectivity index (χ1v) is 7.76. The van der Waals surface area contributed by atoms with Crippen LogP contribution in [0.4, 0.5) is 5.82 Å². The van der Waals surface area contributed by atoms with E-state index in [9.17, 15) is 9.59 Å². The van der Waals surface area contributed by atoms with Crippen molar-refractivity contribution in [1.82, 2.24) is 10.5 Å². The molecule has 0 saturated heterocycles. The van der Waals surface area contributed by atoms with E-state index in [0.717, 1.165) is 4.88 Å². The first-order chi connectivity index (χ1) is 10.3. The number of carbonyl (C=O) groups excluding carboxylic acids is 2. The third-order valence-corrected chi connectivity index (χ3v) is 3.98. The normalized spacial score (nSPS) is 11.3. The van der Waals surface area contributed by atoms with Crippen molar-refractivity contribution in [1.29, 1.82) is 0 Å². The van der Waals surface area contributed by atoms with Crippen LogP contribution in [-0.2, 0) is 21.5 Å². The Kier molecular flexibility index (Phi) is 4.87. The lowest BCUT2D eigenvalue weighted by molar-refractivity contribution is -0.136. The lowest BCUT2D eigenvalue weighted by Crippen LogP contribution is -2.34. The number of nitrogens with zero attached hydrogens (tertiary/aromatic N) is 1. The minimum Gasteiger partial charge on any atom is -0.359 e. The Morgan fingerprint density at radius 1 is 1.32 bits per heavy atom. The quantitative estimate of drug-likeness (QED) is 0.841. The molecule has 2 N–H and O–H groups in total. The van der Waals surface area contributed by atoms with Gasteiger partial charge in [0, 0.05) is 16.4 Å². The van der Waals surface area contributed by atoms with Crippen LogP contribution in [0, 0.1) is 0 Å². The molecule has 0 atom stereocenters. The molecule has 2 amide bonds. The molecule has 2 aromatic heterocycles. The fourth-order valence-electron chi connectivity index (χ4n) is 1.56.